The number of nitrogens with one attached hydrogen (secondary N) is 1. The van der Waals surface area contributed by atoms with Crippen LogP contribution in [0.3, 0.4) is 0 Å². The molecule has 1 aromatic rings. The third-order valence-electron chi connectivity index (χ3n) is 2.58. The SMILES string of the molecule is CSC(C)(C)CNS(=O)(=O)Cc1cccc(N)c1. The average Bonchev–Trinajstić information content (AvgIpc) is 2.26. The lowest BCUT2D eigenvalue weighted by atomic mass is 10.2. The molecule has 3 N–H and O–H groups in total. The van der Waals surface area contributed by atoms with Crippen molar-refractivity contribution in [3.8, 4) is 0 Å². The lowest BCUT2D eigenvalue weighted by Gasteiger charge is -2.22. The van der Waals surface area contributed by atoms with E-state index >= 15 is 0 Å². The first-order chi connectivity index (χ1) is 8.24. The molecule has 6 heteroatoms. The summed E-state index contributed by atoms with van der Waals surface area (Å²) in [7, 11) is -3.31. The minimum Gasteiger partial charge on any atom is -0.399 e. The Labute approximate surface area is 113 Å². The molecule has 0 aliphatic rings. The first-order valence-electron chi connectivity index (χ1n) is 5.61. The van der Waals surface area contributed by atoms with Crippen molar-refractivity contribution in [1.82, 2.24) is 4.72 Å². The Balaban J connectivity index is 2.66. The fourth-order valence-corrected chi connectivity index (χ4v) is 2.92. The number of hydrogen-bond donors (Lipinski definition) is 2. The predicted molar refractivity (Wildman–Crippen MR) is 79.1 cm³/mol. The van der Waals surface area contributed by atoms with E-state index in [1.807, 2.05) is 20.1 Å². The van der Waals surface area contributed by atoms with Crippen LogP contribution in [-0.2, 0) is 15.8 Å². The van der Waals surface area contributed by atoms with Crippen molar-refractivity contribution in [3.63, 3.8) is 0 Å². The largest absolute Gasteiger partial charge is 0.399 e. The number of benzene rings is 1. The van der Waals surface area contributed by atoms with Gasteiger partial charge in [-0.1, -0.05) is 12.1 Å². The van der Waals surface area contributed by atoms with Crippen molar-refractivity contribution in [3.05, 3.63) is 29.8 Å². The first-order valence-corrected chi connectivity index (χ1v) is 8.49. The first kappa shape index (κ1) is 15.3. The average molecular weight is 288 g/mol. The monoisotopic (exact) mass is 288 g/mol. The summed E-state index contributed by atoms with van der Waals surface area (Å²) in [5.41, 5.74) is 6.90. The summed E-state index contributed by atoms with van der Waals surface area (Å²) in [6.45, 7) is 4.42. The van der Waals surface area contributed by atoms with E-state index in [1.165, 1.54) is 0 Å². The van der Waals surface area contributed by atoms with E-state index in [2.05, 4.69) is 4.72 Å². The third kappa shape index (κ3) is 5.29. The molecule has 102 valence electrons. The number of thioether (sulfide) groups is 1. The van der Waals surface area contributed by atoms with E-state index in [0.717, 1.165) is 0 Å². The summed E-state index contributed by atoms with van der Waals surface area (Å²) >= 11 is 1.63. The molecule has 0 saturated carbocycles. The summed E-state index contributed by atoms with van der Waals surface area (Å²) in [6.07, 6.45) is 1.96. The van der Waals surface area contributed by atoms with Crippen LogP contribution in [0.4, 0.5) is 5.69 Å². The summed E-state index contributed by atoms with van der Waals surface area (Å²) < 4.78 is 26.3. The van der Waals surface area contributed by atoms with Crippen LogP contribution in [0.2, 0.25) is 0 Å². The molecule has 1 rings (SSSR count). The summed E-state index contributed by atoms with van der Waals surface area (Å²) in [5, 5.41) is 0. The van der Waals surface area contributed by atoms with Crippen molar-refractivity contribution >= 4 is 27.5 Å². The number of hydrogen-bond acceptors (Lipinski definition) is 4. The molecular formula is C12H20N2O2S2. The third-order valence-corrected chi connectivity index (χ3v) is 5.13. The lowest BCUT2D eigenvalue weighted by molar-refractivity contribution is 0.570. The van der Waals surface area contributed by atoms with Crippen LogP contribution in [0.5, 0.6) is 0 Å². The maximum absolute atomic E-state index is 11.9. The second-order valence-corrected chi connectivity index (χ2v) is 8.11. The number of nitrogens with two attached hydrogens (primary N) is 1. The van der Waals surface area contributed by atoms with Crippen molar-refractivity contribution < 1.29 is 8.42 Å². The Morgan fingerprint density at radius 3 is 2.61 bits per heavy atom. The fraction of sp³-hybridized carbons (Fsp3) is 0.500. The topological polar surface area (TPSA) is 72.2 Å². The highest BCUT2D eigenvalue weighted by molar-refractivity contribution is 8.00. The second kappa shape index (κ2) is 5.95. The molecule has 0 heterocycles. The van der Waals surface area contributed by atoms with E-state index in [1.54, 1.807) is 36.0 Å². The van der Waals surface area contributed by atoms with Gasteiger partial charge in [0.2, 0.25) is 10.0 Å². The van der Waals surface area contributed by atoms with Crippen molar-refractivity contribution in [2.45, 2.75) is 24.3 Å². The minimum atomic E-state index is -3.31. The minimum absolute atomic E-state index is 0.0392. The quantitative estimate of drug-likeness (QED) is 0.783. The number of anilines is 1. The number of rotatable bonds is 6. The Morgan fingerprint density at radius 2 is 2.06 bits per heavy atom. The van der Waals surface area contributed by atoms with E-state index < -0.39 is 10.0 Å². The molecule has 0 fully saturated rings. The van der Waals surface area contributed by atoms with Gasteiger partial charge >= 0.3 is 0 Å². The zero-order chi connectivity index (χ0) is 13.8. The maximum atomic E-state index is 11.9. The summed E-state index contributed by atoms with van der Waals surface area (Å²) in [5.74, 6) is -0.0392. The van der Waals surface area contributed by atoms with Crippen LogP contribution < -0.4 is 10.5 Å². The van der Waals surface area contributed by atoms with Gasteiger partial charge in [0.25, 0.3) is 0 Å². The van der Waals surface area contributed by atoms with Crippen LogP contribution in [-0.4, -0.2) is 26.0 Å². The van der Waals surface area contributed by atoms with Gasteiger partial charge in [0.05, 0.1) is 5.75 Å². The zero-order valence-electron chi connectivity index (χ0n) is 10.9. The molecular weight excluding hydrogens is 268 g/mol. The molecule has 0 aliphatic carbocycles. The Bertz CT molecular complexity index is 499. The fourth-order valence-electron chi connectivity index (χ4n) is 1.31. The van der Waals surface area contributed by atoms with Gasteiger partial charge in [0, 0.05) is 17.0 Å². The van der Waals surface area contributed by atoms with E-state index in [-0.39, 0.29) is 10.5 Å². The smallest absolute Gasteiger partial charge is 0.215 e. The Kier molecular flexibility index (Phi) is 5.07. The van der Waals surface area contributed by atoms with Gasteiger partial charge in [-0.05, 0) is 37.8 Å². The van der Waals surface area contributed by atoms with Crippen LogP contribution in [0.1, 0.15) is 19.4 Å². The number of sulfonamides is 1. The molecule has 1 aromatic carbocycles. The highest BCUT2D eigenvalue weighted by Gasteiger charge is 2.20. The van der Waals surface area contributed by atoms with Gasteiger partial charge in [-0.3, -0.25) is 0 Å². The molecule has 0 spiro atoms. The molecule has 4 nitrogen and oxygen atoms in total. The van der Waals surface area contributed by atoms with Crippen LogP contribution in [0.25, 0.3) is 0 Å². The Morgan fingerprint density at radius 1 is 1.39 bits per heavy atom. The van der Waals surface area contributed by atoms with Gasteiger partial charge in [-0.25, -0.2) is 13.1 Å². The van der Waals surface area contributed by atoms with E-state index in [0.29, 0.717) is 17.8 Å². The second-order valence-electron chi connectivity index (χ2n) is 4.79. The molecule has 0 bridgehead atoms. The molecule has 0 saturated heterocycles. The van der Waals surface area contributed by atoms with Crippen molar-refractivity contribution in [2.75, 3.05) is 18.5 Å². The predicted octanol–water partition coefficient (Wildman–Crippen LogP) is 1.83. The van der Waals surface area contributed by atoms with Gasteiger partial charge < -0.3 is 5.73 Å². The molecule has 18 heavy (non-hydrogen) atoms. The molecule has 0 atom stereocenters. The zero-order valence-corrected chi connectivity index (χ0v) is 12.6. The standard InChI is InChI=1S/C12H20N2O2S2/c1-12(2,17-3)9-14-18(15,16)8-10-5-4-6-11(13)7-10/h4-7,14H,8-9,13H2,1-3H3. The summed E-state index contributed by atoms with van der Waals surface area (Å²) in [6, 6.07) is 6.93. The van der Waals surface area contributed by atoms with E-state index in [9.17, 15) is 8.42 Å². The maximum Gasteiger partial charge on any atom is 0.215 e. The summed E-state index contributed by atoms with van der Waals surface area (Å²) in [4.78, 5) is 0. The van der Waals surface area contributed by atoms with Gasteiger partial charge in [-0.2, -0.15) is 11.8 Å². The molecule has 0 radical (unpaired) electrons. The molecule has 0 aliphatic heterocycles. The van der Waals surface area contributed by atoms with Crippen LogP contribution >= 0.6 is 11.8 Å². The van der Waals surface area contributed by atoms with Gasteiger partial charge in [0.15, 0.2) is 0 Å². The normalized spacial score (nSPS) is 12.6. The van der Waals surface area contributed by atoms with Crippen LogP contribution in [0.15, 0.2) is 24.3 Å². The van der Waals surface area contributed by atoms with Crippen molar-refractivity contribution in [2.24, 2.45) is 0 Å². The molecule has 0 amide bonds. The highest BCUT2D eigenvalue weighted by atomic mass is 32.2. The number of nitrogen functional groups attached to an aromatic ring is 1. The van der Waals surface area contributed by atoms with Gasteiger partial charge in [-0.15, -0.1) is 0 Å². The Hall–Kier alpha value is -0.720. The lowest BCUT2D eigenvalue weighted by Crippen LogP contribution is -2.36. The highest BCUT2D eigenvalue weighted by Crippen LogP contribution is 2.20. The van der Waals surface area contributed by atoms with Crippen molar-refractivity contribution in [1.29, 1.82) is 0 Å². The van der Waals surface area contributed by atoms with Crippen LogP contribution in [0, 0.1) is 0 Å². The van der Waals surface area contributed by atoms with Gasteiger partial charge in [0.1, 0.15) is 0 Å². The molecule has 0 aromatic heterocycles. The molecule has 0 unspecified atom stereocenters. The van der Waals surface area contributed by atoms with E-state index in [4.69, 9.17) is 5.73 Å².